The van der Waals surface area contributed by atoms with Gasteiger partial charge in [-0.2, -0.15) is 0 Å². The normalized spacial score (nSPS) is 43.6. The minimum Gasteiger partial charge on any atom is -0.481 e. The molecule has 4 N–H and O–H groups in total. The quantitative estimate of drug-likeness (QED) is 0.434. The van der Waals surface area contributed by atoms with Crippen molar-refractivity contribution in [3.8, 4) is 0 Å². The first-order valence-electron chi connectivity index (χ1n) is 13.0. The maximum absolute atomic E-state index is 13.8. The number of hydrogen-bond acceptors (Lipinski definition) is 5. The monoisotopic (exact) mass is 474 g/mol. The minimum atomic E-state index is -0.916. The Kier molecular flexibility index (Phi) is 6.67. The molecule has 10 atom stereocenters. The average Bonchev–Trinajstić information content (AvgIpc) is 3.11. The zero-order valence-electron chi connectivity index (χ0n) is 21.1. The van der Waals surface area contributed by atoms with Crippen molar-refractivity contribution in [2.75, 3.05) is 0 Å². The van der Waals surface area contributed by atoms with Gasteiger partial charge in [-0.1, -0.05) is 32.9 Å². The summed E-state index contributed by atoms with van der Waals surface area (Å²) in [6.07, 6.45) is 2.92. The van der Waals surface area contributed by atoms with E-state index in [2.05, 4.69) is 27.4 Å². The Morgan fingerprint density at radius 1 is 1.15 bits per heavy atom. The van der Waals surface area contributed by atoms with Crippen LogP contribution in [0.4, 0.5) is 0 Å². The molecule has 0 aromatic carbocycles. The third kappa shape index (κ3) is 3.81. The number of allylic oxidation sites excluding steroid dienone is 1. The van der Waals surface area contributed by atoms with Crippen molar-refractivity contribution in [3.05, 3.63) is 23.3 Å². The number of ketones is 1. The third-order valence-corrected chi connectivity index (χ3v) is 10.5. The number of carbonyl (C=O) groups excluding carboxylic acids is 1. The first kappa shape index (κ1) is 25.6. The third-order valence-electron chi connectivity index (χ3n) is 10.5. The van der Waals surface area contributed by atoms with Gasteiger partial charge in [-0.3, -0.25) is 9.59 Å². The summed E-state index contributed by atoms with van der Waals surface area (Å²) in [6, 6.07) is 0. The maximum atomic E-state index is 13.8. The molecule has 0 saturated heterocycles. The first-order valence-corrected chi connectivity index (χ1v) is 13.0. The summed E-state index contributed by atoms with van der Waals surface area (Å²) in [5.74, 6) is -0.827. The molecule has 4 aliphatic carbocycles. The number of aliphatic hydroxyl groups is 3. The summed E-state index contributed by atoms with van der Waals surface area (Å²) in [7, 11) is 0. The van der Waals surface area contributed by atoms with Gasteiger partial charge in [-0.15, -0.1) is 0 Å². The SMILES string of the molecule is C=C(CC[C@@H](C)[C@H]1CC[C@H]2C3=C(C(=O)C[C@]12C)[C@@]1(C)CC[C@@H](O)[C@H](O)[C@@H]1C[C@@H]3O)[C@H](C)C(=O)O. The van der Waals surface area contributed by atoms with Crippen LogP contribution in [0.2, 0.25) is 0 Å². The fraction of sp³-hybridized carbons (Fsp3) is 0.786. The van der Waals surface area contributed by atoms with Crippen LogP contribution in [0.3, 0.4) is 0 Å². The van der Waals surface area contributed by atoms with Gasteiger partial charge in [0, 0.05) is 17.4 Å². The van der Waals surface area contributed by atoms with Crippen LogP contribution in [0.15, 0.2) is 23.3 Å². The van der Waals surface area contributed by atoms with Crippen molar-refractivity contribution in [1.82, 2.24) is 0 Å². The van der Waals surface area contributed by atoms with Crippen molar-refractivity contribution < 1.29 is 30.0 Å². The topological polar surface area (TPSA) is 115 Å². The Bertz CT molecular complexity index is 907. The standard InChI is InChI=1S/C28H42O6/c1-14(16(3)26(33)34)6-7-15(2)17-8-9-18-23-21(30)12-19-25(32)20(29)10-11-27(19,4)24(23)22(31)13-28(17,18)5/h15-21,25,29-30,32H,1,6-13H2,2-5H3,(H,33,34)/t15-,16+,17-,18+,19+,20-,21+,25-,27+,28-/m1/s1. The Morgan fingerprint density at radius 3 is 2.47 bits per heavy atom. The van der Waals surface area contributed by atoms with Crippen molar-refractivity contribution in [1.29, 1.82) is 0 Å². The van der Waals surface area contributed by atoms with E-state index >= 15 is 0 Å². The van der Waals surface area contributed by atoms with Crippen molar-refractivity contribution in [2.24, 2.45) is 40.4 Å². The number of carbonyl (C=O) groups is 2. The molecule has 0 aliphatic heterocycles. The Morgan fingerprint density at radius 2 is 1.82 bits per heavy atom. The minimum absolute atomic E-state index is 0.103. The highest BCUT2D eigenvalue weighted by Gasteiger charge is 2.61. The second kappa shape index (κ2) is 8.86. The summed E-state index contributed by atoms with van der Waals surface area (Å²) >= 11 is 0. The zero-order chi connectivity index (χ0) is 25.2. The van der Waals surface area contributed by atoms with E-state index in [0.717, 1.165) is 36.0 Å². The van der Waals surface area contributed by atoms with Gasteiger partial charge >= 0.3 is 5.97 Å². The van der Waals surface area contributed by atoms with E-state index in [0.29, 0.717) is 43.9 Å². The number of carboxylic acid groups (broad SMARTS) is 1. The molecule has 34 heavy (non-hydrogen) atoms. The number of aliphatic hydroxyl groups excluding tert-OH is 3. The molecular formula is C28H42O6. The van der Waals surface area contributed by atoms with E-state index < -0.39 is 35.6 Å². The fourth-order valence-corrected chi connectivity index (χ4v) is 8.31. The highest BCUT2D eigenvalue weighted by molar-refractivity contribution is 5.99. The Hall–Kier alpha value is -1.50. The lowest BCUT2D eigenvalue weighted by molar-refractivity contribution is -0.140. The van der Waals surface area contributed by atoms with Crippen molar-refractivity contribution in [3.63, 3.8) is 0 Å². The van der Waals surface area contributed by atoms with E-state index in [-0.39, 0.29) is 23.0 Å². The van der Waals surface area contributed by atoms with Gasteiger partial charge in [0.15, 0.2) is 5.78 Å². The van der Waals surface area contributed by atoms with Gasteiger partial charge in [0.05, 0.1) is 24.2 Å². The van der Waals surface area contributed by atoms with Crippen LogP contribution in [0.5, 0.6) is 0 Å². The van der Waals surface area contributed by atoms with Gasteiger partial charge in [0.25, 0.3) is 0 Å². The van der Waals surface area contributed by atoms with Crippen LogP contribution < -0.4 is 0 Å². The summed E-state index contributed by atoms with van der Waals surface area (Å²) in [5, 5.41) is 41.5. The molecule has 0 bridgehead atoms. The largest absolute Gasteiger partial charge is 0.481 e. The molecule has 0 heterocycles. The van der Waals surface area contributed by atoms with Gasteiger partial charge in [0.2, 0.25) is 0 Å². The predicted molar refractivity (Wildman–Crippen MR) is 129 cm³/mol. The second-order valence-corrected chi connectivity index (χ2v) is 12.3. The maximum Gasteiger partial charge on any atom is 0.310 e. The van der Waals surface area contributed by atoms with E-state index in [1.54, 1.807) is 6.92 Å². The fourth-order valence-electron chi connectivity index (χ4n) is 8.31. The summed E-state index contributed by atoms with van der Waals surface area (Å²) in [6.45, 7) is 12.1. The molecule has 4 aliphatic rings. The first-order chi connectivity index (χ1) is 15.8. The molecule has 190 valence electrons. The average molecular weight is 475 g/mol. The molecule has 0 spiro atoms. The summed E-state index contributed by atoms with van der Waals surface area (Å²) < 4.78 is 0. The van der Waals surface area contributed by atoms with Crippen molar-refractivity contribution >= 4 is 11.8 Å². The van der Waals surface area contributed by atoms with Crippen LogP contribution in [0.25, 0.3) is 0 Å². The lowest BCUT2D eigenvalue weighted by Crippen LogP contribution is -2.56. The summed E-state index contributed by atoms with van der Waals surface area (Å²) in [4.78, 5) is 25.1. The smallest absolute Gasteiger partial charge is 0.310 e. The highest BCUT2D eigenvalue weighted by atomic mass is 16.4. The second-order valence-electron chi connectivity index (χ2n) is 12.3. The lowest BCUT2D eigenvalue weighted by Gasteiger charge is -2.56. The van der Waals surface area contributed by atoms with Crippen LogP contribution in [0, 0.1) is 40.4 Å². The molecule has 2 fully saturated rings. The van der Waals surface area contributed by atoms with Crippen molar-refractivity contribution in [2.45, 2.75) is 97.4 Å². The Labute approximate surface area is 203 Å². The number of rotatable bonds is 6. The number of carboxylic acids is 1. The molecule has 0 amide bonds. The highest BCUT2D eigenvalue weighted by Crippen LogP contribution is 2.65. The zero-order valence-corrected chi connectivity index (χ0v) is 21.1. The van der Waals surface area contributed by atoms with Crippen LogP contribution in [-0.4, -0.2) is 50.5 Å². The Balaban J connectivity index is 1.60. The molecular weight excluding hydrogens is 432 g/mol. The van der Waals surface area contributed by atoms with Crippen LogP contribution >= 0.6 is 0 Å². The van der Waals surface area contributed by atoms with E-state index in [1.807, 2.05) is 0 Å². The lowest BCUT2D eigenvalue weighted by atomic mass is 9.49. The van der Waals surface area contributed by atoms with E-state index in [4.69, 9.17) is 0 Å². The van der Waals surface area contributed by atoms with E-state index in [1.165, 1.54) is 0 Å². The van der Waals surface area contributed by atoms with E-state index in [9.17, 15) is 30.0 Å². The molecule has 0 aromatic heterocycles. The van der Waals surface area contributed by atoms with Gasteiger partial charge in [-0.25, -0.2) is 0 Å². The number of fused-ring (bicyclic) bond motifs is 4. The molecule has 0 radical (unpaired) electrons. The molecule has 0 aromatic rings. The molecule has 4 rings (SSSR count). The molecule has 2 saturated carbocycles. The summed E-state index contributed by atoms with van der Waals surface area (Å²) in [5.41, 5.74) is 1.68. The van der Waals surface area contributed by atoms with Gasteiger partial charge in [0.1, 0.15) is 0 Å². The van der Waals surface area contributed by atoms with Gasteiger partial charge < -0.3 is 20.4 Å². The molecule has 6 nitrogen and oxygen atoms in total. The van der Waals surface area contributed by atoms with Gasteiger partial charge in [-0.05, 0) is 86.5 Å². The predicted octanol–water partition coefficient (Wildman–Crippen LogP) is 3.88. The van der Waals surface area contributed by atoms with Crippen LogP contribution in [-0.2, 0) is 9.59 Å². The number of Topliss-reactive ketones (excluding diaryl/α,β-unsaturated/α-hetero) is 1. The number of aliphatic carboxylic acids is 1. The molecule has 0 unspecified atom stereocenters. The molecule has 6 heteroatoms. The number of hydrogen-bond donors (Lipinski definition) is 4. The van der Waals surface area contributed by atoms with Crippen LogP contribution in [0.1, 0.15) is 79.1 Å².